The van der Waals surface area contributed by atoms with E-state index >= 15 is 0 Å². The van der Waals surface area contributed by atoms with Crippen molar-refractivity contribution in [2.75, 3.05) is 62.5 Å². The lowest BCUT2D eigenvalue weighted by atomic mass is 10.1. The lowest BCUT2D eigenvalue weighted by Gasteiger charge is -2.25. The largest absolute Gasteiger partial charge is 0.493 e. The van der Waals surface area contributed by atoms with Crippen LogP contribution in [0.2, 0.25) is 0 Å². The number of anilines is 1. The van der Waals surface area contributed by atoms with Gasteiger partial charge >= 0.3 is 11.3 Å². The van der Waals surface area contributed by atoms with Gasteiger partial charge in [-0.15, -0.1) is 0 Å². The average Bonchev–Trinajstić information content (AvgIpc) is 2.94. The van der Waals surface area contributed by atoms with Gasteiger partial charge in [-0.3, -0.25) is 10.1 Å². The van der Waals surface area contributed by atoms with Crippen molar-refractivity contribution in [1.82, 2.24) is 9.91 Å². The van der Waals surface area contributed by atoms with Crippen molar-refractivity contribution < 1.29 is 23.8 Å². The fraction of sp³-hybridized carbons (Fsp3) is 0.444. The molecule has 2 aliphatic rings. The van der Waals surface area contributed by atoms with Crippen LogP contribution in [0.3, 0.4) is 0 Å². The maximum Gasteiger partial charge on any atom is 0.411 e. The van der Waals surface area contributed by atoms with E-state index in [0.29, 0.717) is 42.7 Å². The normalized spacial score (nSPS) is 16.1. The number of rotatable bonds is 11. The number of carbonyl (C=O) groups is 2. The number of hydrogen-bond acceptors (Lipinski definition) is 9. The first-order chi connectivity index (χ1) is 18.6. The Balaban J connectivity index is 1.29. The monoisotopic (exact) mass is 558 g/mol. The molecule has 0 atom stereocenters. The molecule has 0 unspecified atom stereocenters. The van der Waals surface area contributed by atoms with Gasteiger partial charge in [0.25, 0.3) is 0 Å². The third kappa shape index (κ3) is 8.05. The maximum atomic E-state index is 12.5. The zero-order chi connectivity index (χ0) is 26.7. The molecular weight excluding hydrogens is 524 g/mol. The first-order valence-electron chi connectivity index (χ1n) is 12.7. The molecule has 0 aromatic heterocycles. The summed E-state index contributed by atoms with van der Waals surface area (Å²) >= 11 is 3.20. The highest BCUT2D eigenvalue weighted by atomic mass is 32.2. The number of hydrazone groups is 1. The van der Waals surface area contributed by atoms with E-state index in [9.17, 15) is 9.59 Å². The zero-order valence-corrected chi connectivity index (χ0v) is 23.4. The van der Waals surface area contributed by atoms with Crippen LogP contribution in [0.4, 0.5) is 15.3 Å². The van der Waals surface area contributed by atoms with Crippen molar-refractivity contribution in [3.63, 3.8) is 0 Å². The number of benzene rings is 2. The Morgan fingerprint density at radius 1 is 1.11 bits per heavy atom. The average molecular weight is 559 g/mol. The summed E-state index contributed by atoms with van der Waals surface area (Å²) in [7, 11) is 1.60. The Bertz CT molecular complexity index is 1120. The first-order valence-corrected chi connectivity index (χ1v) is 14.9. The summed E-state index contributed by atoms with van der Waals surface area (Å²) in [6, 6.07) is 13.0. The molecule has 2 aliphatic heterocycles. The number of nitrogens with one attached hydrogen (secondary N) is 1. The van der Waals surface area contributed by atoms with Crippen LogP contribution in [0.5, 0.6) is 11.5 Å². The molecule has 2 aromatic rings. The van der Waals surface area contributed by atoms with Gasteiger partial charge in [0.2, 0.25) is 0 Å². The van der Waals surface area contributed by atoms with E-state index in [-0.39, 0.29) is 5.24 Å². The summed E-state index contributed by atoms with van der Waals surface area (Å²) in [6.07, 6.45) is 0.361. The molecule has 0 radical (unpaired) electrons. The van der Waals surface area contributed by atoms with Gasteiger partial charge in [0, 0.05) is 48.1 Å². The van der Waals surface area contributed by atoms with Crippen LogP contribution in [0.15, 0.2) is 47.6 Å². The van der Waals surface area contributed by atoms with Crippen molar-refractivity contribution in [3.8, 4) is 11.5 Å². The van der Waals surface area contributed by atoms with Crippen LogP contribution >= 0.6 is 23.5 Å². The summed E-state index contributed by atoms with van der Waals surface area (Å²) in [6.45, 7) is 6.31. The Labute approximate surface area is 232 Å². The predicted octanol–water partition coefficient (Wildman–Crippen LogP) is 5.15. The van der Waals surface area contributed by atoms with Crippen LogP contribution < -0.4 is 14.8 Å². The molecule has 2 aromatic carbocycles. The molecule has 2 amide bonds. The lowest BCUT2D eigenvalue weighted by molar-refractivity contribution is 0.153. The number of nitrogens with zero attached hydrogens (tertiary/aromatic N) is 3. The van der Waals surface area contributed by atoms with Gasteiger partial charge in [-0.25, -0.2) is 9.80 Å². The highest BCUT2D eigenvalue weighted by Crippen LogP contribution is 2.30. The van der Waals surface area contributed by atoms with Crippen molar-refractivity contribution >= 4 is 46.3 Å². The summed E-state index contributed by atoms with van der Waals surface area (Å²) in [4.78, 5) is 27.1. The van der Waals surface area contributed by atoms with E-state index in [4.69, 9.17) is 14.2 Å². The molecule has 0 saturated carbocycles. The van der Waals surface area contributed by atoms with Crippen LogP contribution in [0, 0.1) is 0 Å². The minimum absolute atomic E-state index is 0.110. The van der Waals surface area contributed by atoms with Crippen molar-refractivity contribution in [3.05, 3.63) is 53.6 Å². The number of ether oxygens (including phenoxy) is 3. The number of hydrogen-bond donors (Lipinski definition) is 1. The minimum Gasteiger partial charge on any atom is -0.493 e. The van der Waals surface area contributed by atoms with E-state index in [2.05, 4.69) is 15.3 Å². The molecular formula is C27H34N4O5S2. The van der Waals surface area contributed by atoms with Crippen LogP contribution in [0.1, 0.15) is 24.5 Å². The van der Waals surface area contributed by atoms with Crippen LogP contribution in [0.25, 0.3) is 0 Å². The van der Waals surface area contributed by atoms with Gasteiger partial charge in [-0.1, -0.05) is 23.9 Å². The SMILES string of the molecule is CCOc1cc(C2=NN(Cc3ccc(NC(=O)OCCCN4CCSCC4)cc3)C(=O)SC2)ccc1OC. The third-order valence-electron chi connectivity index (χ3n) is 6.07. The van der Waals surface area contributed by atoms with E-state index in [1.54, 1.807) is 19.2 Å². The van der Waals surface area contributed by atoms with E-state index in [0.717, 1.165) is 42.9 Å². The molecule has 2 heterocycles. The third-order valence-corrected chi connectivity index (χ3v) is 7.89. The Kier molecular flexibility index (Phi) is 10.6. The predicted molar refractivity (Wildman–Crippen MR) is 154 cm³/mol. The standard InChI is InChI=1S/C27H34N4O5S2/c1-3-35-25-17-21(7-10-24(25)34-2)23-19-38-27(33)31(29-23)18-20-5-8-22(9-6-20)28-26(32)36-14-4-11-30-12-15-37-16-13-30/h5-10,17H,3-4,11-16,18-19H2,1-2H3,(H,28,32). The summed E-state index contributed by atoms with van der Waals surface area (Å²) in [5.41, 5.74) is 3.20. The second kappa shape index (κ2) is 14.3. The molecule has 1 fully saturated rings. The Morgan fingerprint density at radius 2 is 1.89 bits per heavy atom. The van der Waals surface area contributed by atoms with Gasteiger partial charge in [-0.2, -0.15) is 16.9 Å². The van der Waals surface area contributed by atoms with Crippen LogP contribution in [-0.4, -0.2) is 84.2 Å². The summed E-state index contributed by atoms with van der Waals surface area (Å²) < 4.78 is 16.4. The summed E-state index contributed by atoms with van der Waals surface area (Å²) in [5.74, 6) is 4.13. The number of carbonyl (C=O) groups excluding carboxylic acids is 2. The Morgan fingerprint density at radius 3 is 2.63 bits per heavy atom. The molecule has 4 rings (SSSR count). The van der Waals surface area contributed by atoms with Gasteiger partial charge < -0.3 is 19.1 Å². The molecule has 11 heteroatoms. The molecule has 1 N–H and O–H groups in total. The second-order valence-corrected chi connectivity index (χ2v) is 10.9. The van der Waals surface area contributed by atoms with Crippen molar-refractivity contribution in [1.29, 1.82) is 0 Å². The molecule has 0 spiro atoms. The molecule has 1 saturated heterocycles. The molecule has 9 nitrogen and oxygen atoms in total. The van der Waals surface area contributed by atoms with Gasteiger partial charge in [0.15, 0.2) is 11.5 Å². The topological polar surface area (TPSA) is 92.7 Å². The van der Waals surface area contributed by atoms with Crippen LogP contribution in [-0.2, 0) is 11.3 Å². The van der Waals surface area contributed by atoms with Gasteiger partial charge in [0.05, 0.1) is 32.6 Å². The van der Waals surface area contributed by atoms with Crippen molar-refractivity contribution in [2.45, 2.75) is 19.9 Å². The zero-order valence-electron chi connectivity index (χ0n) is 21.8. The minimum atomic E-state index is -0.463. The lowest BCUT2D eigenvalue weighted by Crippen LogP contribution is -2.34. The molecule has 0 aliphatic carbocycles. The van der Waals surface area contributed by atoms with E-state index < -0.39 is 6.09 Å². The molecule has 0 bridgehead atoms. The number of methoxy groups -OCH3 is 1. The summed E-state index contributed by atoms with van der Waals surface area (Å²) in [5, 5.41) is 8.74. The highest BCUT2D eigenvalue weighted by molar-refractivity contribution is 8.14. The molecule has 204 valence electrons. The molecule has 38 heavy (non-hydrogen) atoms. The maximum absolute atomic E-state index is 12.5. The fourth-order valence-electron chi connectivity index (χ4n) is 4.08. The van der Waals surface area contributed by atoms with Crippen molar-refractivity contribution in [2.24, 2.45) is 5.10 Å². The van der Waals surface area contributed by atoms with E-state index in [1.807, 2.05) is 49.0 Å². The quantitative estimate of drug-likeness (QED) is 0.379. The first kappa shape index (κ1) is 28.1. The Hall–Kier alpha value is -2.89. The second-order valence-electron chi connectivity index (χ2n) is 8.72. The fourth-order valence-corrected chi connectivity index (χ4v) is 5.80. The van der Waals surface area contributed by atoms with E-state index in [1.165, 1.54) is 28.3 Å². The number of thioether (sulfide) groups is 2. The number of amides is 2. The smallest absolute Gasteiger partial charge is 0.411 e. The highest BCUT2D eigenvalue weighted by Gasteiger charge is 2.23. The van der Waals surface area contributed by atoms with Gasteiger partial charge in [-0.05, 0) is 49.2 Å². The van der Waals surface area contributed by atoms with Gasteiger partial charge in [0.1, 0.15) is 0 Å².